The fraction of sp³-hybridized carbons (Fsp3) is 0. The van der Waals surface area contributed by atoms with Crippen molar-refractivity contribution in [1.82, 2.24) is 9.55 Å². The molecular formula is C25H16Br2N2. The van der Waals surface area contributed by atoms with Crippen LogP contribution in [0.25, 0.3) is 39.2 Å². The second kappa shape index (κ2) is 7.62. The van der Waals surface area contributed by atoms with Crippen molar-refractivity contribution in [2.75, 3.05) is 0 Å². The van der Waals surface area contributed by atoms with Gasteiger partial charge in [0.05, 0.1) is 11.0 Å². The standard InChI is InChI=1S/C25H16Br2N2/c26-19-14-18(15-20(27)16-19)25-28-24-22(17-8-3-1-4-9-17)12-7-13-23(24)29(25)21-10-5-2-6-11-21/h1-16H. The molecule has 5 rings (SSSR count). The second-order valence-corrected chi connectivity index (χ2v) is 8.64. The van der Waals surface area contributed by atoms with E-state index in [0.717, 1.165) is 48.2 Å². The predicted octanol–water partition coefficient (Wildman–Crippen LogP) is 7.88. The zero-order valence-corrected chi connectivity index (χ0v) is 18.6. The van der Waals surface area contributed by atoms with Gasteiger partial charge in [0, 0.05) is 25.8 Å². The summed E-state index contributed by atoms with van der Waals surface area (Å²) in [7, 11) is 0. The van der Waals surface area contributed by atoms with E-state index in [1.54, 1.807) is 0 Å². The van der Waals surface area contributed by atoms with Gasteiger partial charge in [-0.2, -0.15) is 0 Å². The Labute approximate surface area is 186 Å². The Hall–Kier alpha value is -2.69. The normalized spacial score (nSPS) is 11.1. The molecule has 2 nitrogen and oxygen atoms in total. The Kier molecular flexibility index (Phi) is 4.82. The van der Waals surface area contributed by atoms with Gasteiger partial charge in [-0.25, -0.2) is 4.98 Å². The molecular weight excluding hydrogens is 488 g/mol. The maximum atomic E-state index is 5.14. The van der Waals surface area contributed by atoms with Gasteiger partial charge >= 0.3 is 0 Å². The molecule has 0 N–H and O–H groups in total. The van der Waals surface area contributed by atoms with Gasteiger partial charge in [-0.05, 0) is 42.0 Å². The molecule has 0 fully saturated rings. The lowest BCUT2D eigenvalue weighted by molar-refractivity contribution is 1.10. The first-order valence-corrected chi connectivity index (χ1v) is 10.9. The summed E-state index contributed by atoms with van der Waals surface area (Å²) in [5.74, 6) is 0.914. The number of benzene rings is 4. The summed E-state index contributed by atoms with van der Waals surface area (Å²) in [6, 6.07) is 33.4. The lowest BCUT2D eigenvalue weighted by Crippen LogP contribution is -1.97. The van der Waals surface area contributed by atoms with Gasteiger partial charge < -0.3 is 0 Å². The number of aromatic nitrogens is 2. The number of para-hydroxylation sites is 2. The van der Waals surface area contributed by atoms with Gasteiger partial charge in [0.2, 0.25) is 0 Å². The summed E-state index contributed by atoms with van der Waals surface area (Å²) in [5, 5.41) is 0. The average molecular weight is 504 g/mol. The van der Waals surface area contributed by atoms with Gasteiger partial charge in [0.25, 0.3) is 0 Å². The molecule has 0 unspecified atom stereocenters. The van der Waals surface area contributed by atoms with E-state index in [1.807, 2.05) is 18.2 Å². The Morgan fingerprint density at radius 3 is 1.97 bits per heavy atom. The summed E-state index contributed by atoms with van der Waals surface area (Å²) >= 11 is 7.24. The van der Waals surface area contributed by atoms with Gasteiger partial charge in [-0.3, -0.25) is 4.57 Å². The SMILES string of the molecule is Brc1cc(Br)cc(-c2nc3c(-c4ccccc4)cccc3n2-c2ccccc2)c1. The van der Waals surface area contributed by atoms with Crippen LogP contribution in [-0.4, -0.2) is 9.55 Å². The van der Waals surface area contributed by atoms with E-state index in [1.165, 1.54) is 0 Å². The fourth-order valence-electron chi connectivity index (χ4n) is 3.66. The molecule has 0 bridgehead atoms. The van der Waals surface area contributed by atoms with Crippen molar-refractivity contribution in [2.45, 2.75) is 0 Å². The van der Waals surface area contributed by atoms with Gasteiger partial charge in [-0.15, -0.1) is 0 Å². The third kappa shape index (κ3) is 3.43. The lowest BCUT2D eigenvalue weighted by Gasteiger charge is -2.10. The van der Waals surface area contributed by atoms with Gasteiger partial charge in [-0.1, -0.05) is 92.5 Å². The molecule has 0 saturated heterocycles. The van der Waals surface area contributed by atoms with E-state index in [-0.39, 0.29) is 0 Å². The third-order valence-corrected chi connectivity index (χ3v) is 5.82. The van der Waals surface area contributed by atoms with E-state index < -0.39 is 0 Å². The topological polar surface area (TPSA) is 17.8 Å². The van der Waals surface area contributed by atoms with Crippen LogP contribution in [0.4, 0.5) is 0 Å². The number of nitrogens with zero attached hydrogens (tertiary/aromatic N) is 2. The number of hydrogen-bond donors (Lipinski definition) is 0. The molecule has 29 heavy (non-hydrogen) atoms. The molecule has 4 heteroatoms. The minimum Gasteiger partial charge on any atom is -0.292 e. The molecule has 0 radical (unpaired) electrons. The summed E-state index contributed by atoms with van der Waals surface area (Å²) in [6.45, 7) is 0. The van der Waals surface area contributed by atoms with Crippen LogP contribution in [0.5, 0.6) is 0 Å². The summed E-state index contributed by atoms with van der Waals surface area (Å²) < 4.78 is 4.25. The Morgan fingerprint density at radius 1 is 0.621 bits per heavy atom. The molecule has 1 aromatic heterocycles. The number of halogens is 2. The molecule has 0 atom stereocenters. The highest BCUT2D eigenvalue weighted by Gasteiger charge is 2.17. The van der Waals surface area contributed by atoms with Crippen molar-refractivity contribution in [1.29, 1.82) is 0 Å². The molecule has 4 aromatic carbocycles. The van der Waals surface area contributed by atoms with E-state index in [4.69, 9.17) is 4.98 Å². The molecule has 1 heterocycles. The molecule has 140 valence electrons. The van der Waals surface area contributed by atoms with Crippen LogP contribution < -0.4 is 0 Å². The Balaban J connectivity index is 1.87. The van der Waals surface area contributed by atoms with Crippen molar-refractivity contribution in [3.8, 4) is 28.2 Å². The highest BCUT2D eigenvalue weighted by molar-refractivity contribution is 9.11. The van der Waals surface area contributed by atoms with Crippen molar-refractivity contribution in [3.05, 3.63) is 106 Å². The molecule has 0 aliphatic carbocycles. The van der Waals surface area contributed by atoms with Gasteiger partial charge in [0.1, 0.15) is 5.82 Å². The number of hydrogen-bond acceptors (Lipinski definition) is 1. The Bertz CT molecular complexity index is 1290. The fourth-order valence-corrected chi connectivity index (χ4v) is 4.96. The van der Waals surface area contributed by atoms with Crippen LogP contribution in [0.3, 0.4) is 0 Å². The average Bonchev–Trinajstić information content (AvgIpc) is 3.14. The maximum absolute atomic E-state index is 5.14. The maximum Gasteiger partial charge on any atom is 0.145 e. The minimum absolute atomic E-state index is 0.914. The summed E-state index contributed by atoms with van der Waals surface area (Å²) in [6.07, 6.45) is 0. The van der Waals surface area contributed by atoms with E-state index in [0.29, 0.717) is 0 Å². The molecule has 0 aliphatic rings. The second-order valence-electron chi connectivity index (χ2n) is 6.80. The first-order valence-electron chi connectivity index (χ1n) is 9.29. The van der Waals surface area contributed by atoms with E-state index in [2.05, 4.69) is 115 Å². The zero-order valence-electron chi connectivity index (χ0n) is 15.4. The number of fused-ring (bicyclic) bond motifs is 1. The van der Waals surface area contributed by atoms with Gasteiger partial charge in [0.15, 0.2) is 0 Å². The first kappa shape index (κ1) is 18.3. The van der Waals surface area contributed by atoms with Crippen LogP contribution in [0.2, 0.25) is 0 Å². The lowest BCUT2D eigenvalue weighted by atomic mass is 10.0. The summed E-state index contributed by atoms with van der Waals surface area (Å²) in [4.78, 5) is 5.14. The third-order valence-electron chi connectivity index (χ3n) is 4.91. The minimum atomic E-state index is 0.914. The van der Waals surface area contributed by atoms with Crippen molar-refractivity contribution >= 4 is 42.9 Å². The molecule has 0 spiro atoms. The molecule has 5 aromatic rings. The van der Waals surface area contributed by atoms with E-state index in [9.17, 15) is 0 Å². The van der Waals surface area contributed by atoms with E-state index >= 15 is 0 Å². The predicted molar refractivity (Wildman–Crippen MR) is 127 cm³/mol. The van der Waals surface area contributed by atoms with Crippen LogP contribution >= 0.6 is 31.9 Å². The zero-order chi connectivity index (χ0) is 19.8. The van der Waals surface area contributed by atoms with Crippen LogP contribution in [-0.2, 0) is 0 Å². The molecule has 0 saturated carbocycles. The smallest absolute Gasteiger partial charge is 0.145 e. The Morgan fingerprint density at radius 2 is 1.28 bits per heavy atom. The quantitative estimate of drug-likeness (QED) is 0.245. The highest BCUT2D eigenvalue weighted by Crippen LogP contribution is 2.35. The summed E-state index contributed by atoms with van der Waals surface area (Å²) in [5.41, 5.74) is 6.51. The highest BCUT2D eigenvalue weighted by atomic mass is 79.9. The largest absolute Gasteiger partial charge is 0.292 e. The monoisotopic (exact) mass is 502 g/mol. The van der Waals surface area contributed by atoms with Crippen molar-refractivity contribution in [3.63, 3.8) is 0 Å². The number of rotatable bonds is 3. The molecule has 0 aliphatic heterocycles. The van der Waals surface area contributed by atoms with Crippen molar-refractivity contribution in [2.24, 2.45) is 0 Å². The van der Waals surface area contributed by atoms with Crippen LogP contribution in [0.15, 0.2) is 106 Å². The van der Waals surface area contributed by atoms with Crippen molar-refractivity contribution < 1.29 is 0 Å². The molecule has 0 amide bonds. The number of imidazole rings is 1. The first-order chi connectivity index (χ1) is 14.2. The van der Waals surface area contributed by atoms with Crippen LogP contribution in [0, 0.1) is 0 Å². The van der Waals surface area contributed by atoms with Crippen LogP contribution in [0.1, 0.15) is 0 Å².